The molecule has 0 saturated heterocycles. The molecule has 1 aromatic rings. The van der Waals surface area contributed by atoms with Gasteiger partial charge in [-0.15, -0.1) is 0 Å². The molecule has 1 aromatic carbocycles. The van der Waals surface area contributed by atoms with Gasteiger partial charge in [0.2, 0.25) is 10.0 Å². The van der Waals surface area contributed by atoms with Gasteiger partial charge < -0.3 is 0 Å². The second-order valence-electron chi connectivity index (χ2n) is 2.68. The van der Waals surface area contributed by atoms with Gasteiger partial charge in [-0.3, -0.25) is 0 Å². The van der Waals surface area contributed by atoms with Gasteiger partial charge in [0.05, 0.1) is 5.75 Å². The number of nitrogens with one attached hydrogen (secondary N) is 1. The zero-order chi connectivity index (χ0) is 10.8. The molecule has 0 aliphatic carbocycles. The zero-order valence-electron chi connectivity index (χ0n) is 7.42. The van der Waals surface area contributed by atoms with Crippen molar-refractivity contribution in [3.8, 4) is 0 Å². The van der Waals surface area contributed by atoms with Crippen molar-refractivity contribution in [2.24, 2.45) is 0 Å². The highest BCUT2D eigenvalue weighted by atomic mass is 127. The molecule has 3 nitrogen and oxygen atoms in total. The van der Waals surface area contributed by atoms with Crippen molar-refractivity contribution in [2.45, 2.75) is 5.75 Å². The summed E-state index contributed by atoms with van der Waals surface area (Å²) in [4.78, 5) is 0. The summed E-state index contributed by atoms with van der Waals surface area (Å²) in [5.41, 5.74) is 0.800. The molecule has 0 fully saturated rings. The molecule has 0 aliphatic heterocycles. The van der Waals surface area contributed by atoms with E-state index in [-0.39, 0.29) is 5.75 Å². The Labute approximate surface area is 106 Å². The van der Waals surface area contributed by atoms with Gasteiger partial charge in [0.1, 0.15) is 0 Å². The van der Waals surface area contributed by atoms with E-state index in [4.69, 9.17) is 0 Å². The van der Waals surface area contributed by atoms with Crippen molar-refractivity contribution >= 4 is 48.5 Å². The van der Waals surface area contributed by atoms with Crippen molar-refractivity contribution in [3.63, 3.8) is 0 Å². The fraction of sp³-hybridized carbons (Fsp3) is 0.250. The minimum atomic E-state index is -3.19. The number of hydrogen-bond donors (Lipinski definition) is 1. The molecule has 0 aliphatic rings. The van der Waals surface area contributed by atoms with Crippen LogP contribution in [0.4, 0.5) is 0 Å². The average Bonchev–Trinajstić information content (AvgIpc) is 2.13. The second-order valence-corrected chi connectivity index (χ2v) is 6.54. The minimum Gasteiger partial charge on any atom is -0.218 e. The normalized spacial score (nSPS) is 11.6. The summed E-state index contributed by atoms with van der Waals surface area (Å²) < 4.78 is 26.7. The lowest BCUT2D eigenvalue weighted by atomic mass is 10.2. The maximum Gasteiger partial charge on any atom is 0.215 e. The molecule has 0 amide bonds. The van der Waals surface area contributed by atoms with Gasteiger partial charge in [-0.1, -0.05) is 12.1 Å². The molecule has 6 heteroatoms. The van der Waals surface area contributed by atoms with Crippen LogP contribution in [-0.4, -0.2) is 15.5 Å². The van der Waals surface area contributed by atoms with Crippen molar-refractivity contribution in [2.75, 3.05) is 7.05 Å². The fourth-order valence-electron chi connectivity index (χ4n) is 0.937. The molecule has 14 heavy (non-hydrogen) atoms. The Balaban J connectivity index is 3.05. The zero-order valence-corrected chi connectivity index (χ0v) is 12.0. The van der Waals surface area contributed by atoms with Crippen LogP contribution in [0.2, 0.25) is 0 Å². The van der Waals surface area contributed by atoms with E-state index >= 15 is 0 Å². The Morgan fingerprint density at radius 3 is 2.71 bits per heavy atom. The summed E-state index contributed by atoms with van der Waals surface area (Å²) in [5.74, 6) is 0.0151. The maximum atomic E-state index is 11.3. The van der Waals surface area contributed by atoms with Gasteiger partial charge in [0.15, 0.2) is 0 Å². The molecule has 1 N–H and O–H groups in total. The fourth-order valence-corrected chi connectivity index (χ4v) is 2.95. The van der Waals surface area contributed by atoms with E-state index in [9.17, 15) is 8.42 Å². The van der Waals surface area contributed by atoms with Crippen molar-refractivity contribution < 1.29 is 8.42 Å². The lowest BCUT2D eigenvalue weighted by molar-refractivity contribution is 0.587. The molecule has 0 aromatic heterocycles. The molecular formula is C8H9BrINO2S. The number of benzene rings is 1. The smallest absolute Gasteiger partial charge is 0.215 e. The average molecular weight is 390 g/mol. The number of sulfonamides is 1. The highest BCUT2D eigenvalue weighted by molar-refractivity contribution is 14.1. The van der Waals surface area contributed by atoms with Crippen molar-refractivity contribution in [1.29, 1.82) is 0 Å². The van der Waals surface area contributed by atoms with E-state index in [0.717, 1.165) is 13.6 Å². The largest absolute Gasteiger partial charge is 0.218 e. The summed E-state index contributed by atoms with van der Waals surface area (Å²) in [7, 11) is -1.77. The van der Waals surface area contributed by atoms with Gasteiger partial charge in [-0.2, -0.15) is 0 Å². The predicted octanol–water partition coefficient (Wildman–Crippen LogP) is 2.10. The quantitative estimate of drug-likeness (QED) is 0.804. The van der Waals surface area contributed by atoms with Gasteiger partial charge in [0.25, 0.3) is 0 Å². The minimum absolute atomic E-state index is 0.0151. The van der Waals surface area contributed by atoms with Crippen LogP contribution in [0.15, 0.2) is 22.7 Å². The van der Waals surface area contributed by atoms with Gasteiger partial charge in [-0.25, -0.2) is 13.1 Å². The highest BCUT2D eigenvalue weighted by Gasteiger charge is 2.12. The molecular weight excluding hydrogens is 381 g/mol. The van der Waals surface area contributed by atoms with Crippen LogP contribution in [-0.2, 0) is 15.8 Å². The Bertz CT molecular complexity index is 433. The summed E-state index contributed by atoms with van der Waals surface area (Å²) in [6, 6.07) is 5.52. The maximum absolute atomic E-state index is 11.3. The third-order valence-corrected chi connectivity index (χ3v) is 5.68. The molecule has 0 atom stereocenters. The molecule has 0 spiro atoms. The standard InChI is InChI=1S/C8H9BrINO2S/c1-11-14(12,13)5-6-3-2-4-7(9)8(6)10/h2-4,11H,5H2,1H3. The summed E-state index contributed by atoms with van der Waals surface area (Å²) in [6.07, 6.45) is 0. The first-order valence-corrected chi connectivity index (χ1v) is 7.33. The lowest BCUT2D eigenvalue weighted by Crippen LogP contribution is -2.20. The number of hydrogen-bond acceptors (Lipinski definition) is 2. The van der Waals surface area contributed by atoms with Crippen LogP contribution < -0.4 is 4.72 Å². The topological polar surface area (TPSA) is 46.2 Å². The van der Waals surface area contributed by atoms with E-state index in [1.54, 1.807) is 6.07 Å². The monoisotopic (exact) mass is 389 g/mol. The molecule has 78 valence electrons. The lowest BCUT2D eigenvalue weighted by Gasteiger charge is -2.06. The van der Waals surface area contributed by atoms with Crippen LogP contribution in [0.3, 0.4) is 0 Å². The molecule has 0 unspecified atom stereocenters. The van der Waals surface area contributed by atoms with E-state index in [1.165, 1.54) is 7.05 Å². The summed E-state index contributed by atoms with van der Waals surface area (Å²) >= 11 is 5.47. The molecule has 0 radical (unpaired) electrons. The van der Waals surface area contributed by atoms with E-state index in [1.807, 2.05) is 12.1 Å². The van der Waals surface area contributed by atoms with Gasteiger partial charge in [-0.05, 0) is 57.2 Å². The SMILES string of the molecule is CNS(=O)(=O)Cc1cccc(Br)c1I. The van der Waals surface area contributed by atoms with Crippen LogP contribution in [0.25, 0.3) is 0 Å². The Hall–Kier alpha value is 0.340. The van der Waals surface area contributed by atoms with Crippen molar-refractivity contribution in [1.82, 2.24) is 4.72 Å². The third kappa shape index (κ3) is 3.18. The first-order chi connectivity index (χ1) is 6.46. The second kappa shape index (κ2) is 4.91. The predicted molar refractivity (Wildman–Crippen MR) is 68.5 cm³/mol. The first-order valence-electron chi connectivity index (χ1n) is 3.80. The summed E-state index contributed by atoms with van der Waals surface area (Å²) in [6.45, 7) is 0. The number of rotatable bonds is 3. The van der Waals surface area contributed by atoms with E-state index in [0.29, 0.717) is 0 Å². The van der Waals surface area contributed by atoms with Gasteiger partial charge in [0, 0.05) is 8.04 Å². The van der Waals surface area contributed by atoms with E-state index < -0.39 is 10.0 Å². The molecule has 0 bridgehead atoms. The highest BCUT2D eigenvalue weighted by Crippen LogP contribution is 2.23. The van der Waals surface area contributed by atoms with E-state index in [2.05, 4.69) is 43.2 Å². The van der Waals surface area contributed by atoms with Crippen LogP contribution in [0.1, 0.15) is 5.56 Å². The van der Waals surface area contributed by atoms with Crippen LogP contribution in [0.5, 0.6) is 0 Å². The van der Waals surface area contributed by atoms with Crippen LogP contribution >= 0.6 is 38.5 Å². The van der Waals surface area contributed by atoms with Gasteiger partial charge >= 0.3 is 0 Å². The molecule has 1 rings (SSSR count). The molecule has 0 saturated carbocycles. The Morgan fingerprint density at radius 1 is 1.50 bits per heavy atom. The Kier molecular flexibility index (Phi) is 4.35. The number of halogens is 2. The Morgan fingerprint density at radius 2 is 2.14 bits per heavy atom. The summed E-state index contributed by atoms with van der Waals surface area (Å²) in [5, 5.41) is 0. The molecule has 0 heterocycles. The first kappa shape index (κ1) is 12.4. The van der Waals surface area contributed by atoms with Crippen LogP contribution in [0, 0.1) is 3.57 Å². The third-order valence-electron chi connectivity index (χ3n) is 1.69. The van der Waals surface area contributed by atoms with Crippen molar-refractivity contribution in [3.05, 3.63) is 31.8 Å².